The second-order valence-electron chi connectivity index (χ2n) is 5.11. The summed E-state index contributed by atoms with van der Waals surface area (Å²) >= 11 is 0. The Morgan fingerprint density at radius 1 is 1.35 bits per heavy atom. The molecule has 1 aliphatic rings. The van der Waals surface area contributed by atoms with Crippen molar-refractivity contribution in [2.24, 2.45) is 0 Å². The van der Waals surface area contributed by atoms with Gasteiger partial charge in [-0.05, 0) is 39.8 Å². The maximum atomic E-state index is 13.7. The van der Waals surface area contributed by atoms with Crippen LogP contribution in [0, 0.1) is 5.82 Å². The first-order valence-electron chi connectivity index (χ1n) is 5.75. The second-order valence-corrected chi connectivity index (χ2v) is 5.11. The van der Waals surface area contributed by atoms with E-state index in [4.69, 9.17) is 0 Å². The van der Waals surface area contributed by atoms with Gasteiger partial charge in [0, 0.05) is 6.04 Å². The van der Waals surface area contributed by atoms with E-state index in [0.717, 1.165) is 5.69 Å². The fourth-order valence-corrected chi connectivity index (χ4v) is 2.44. The van der Waals surface area contributed by atoms with E-state index >= 15 is 0 Å². The molecule has 1 heterocycles. The van der Waals surface area contributed by atoms with Gasteiger partial charge in [-0.3, -0.25) is 4.79 Å². The Hall–Kier alpha value is -1.58. The summed E-state index contributed by atoms with van der Waals surface area (Å²) in [4.78, 5) is 14.0. The number of halogens is 1. The van der Waals surface area contributed by atoms with Crippen molar-refractivity contribution in [1.29, 1.82) is 0 Å². The minimum Gasteiger partial charge on any atom is -0.353 e. The van der Waals surface area contributed by atoms with Gasteiger partial charge in [-0.15, -0.1) is 0 Å². The summed E-state index contributed by atoms with van der Waals surface area (Å²) in [5.74, 6) is -0.569. The van der Waals surface area contributed by atoms with Crippen LogP contribution in [0.15, 0.2) is 18.2 Å². The van der Waals surface area contributed by atoms with Crippen LogP contribution in [0.2, 0.25) is 0 Å². The van der Waals surface area contributed by atoms with Crippen molar-refractivity contribution in [3.63, 3.8) is 0 Å². The Morgan fingerprint density at radius 2 is 2.00 bits per heavy atom. The Morgan fingerprint density at radius 3 is 2.59 bits per heavy atom. The zero-order valence-corrected chi connectivity index (χ0v) is 10.5. The highest BCUT2D eigenvalue weighted by molar-refractivity contribution is 6.06. The fourth-order valence-electron chi connectivity index (χ4n) is 2.44. The molecule has 0 aliphatic carbocycles. The van der Waals surface area contributed by atoms with Crippen molar-refractivity contribution in [2.45, 2.75) is 39.3 Å². The minimum atomic E-state index is -0.672. The molecule has 0 fully saturated rings. The molecule has 2 rings (SSSR count). The molecular weight excluding hydrogens is 219 g/mol. The summed E-state index contributed by atoms with van der Waals surface area (Å²) in [7, 11) is 0. The number of fused-ring (bicyclic) bond motifs is 1. The maximum Gasteiger partial charge on any atom is 0.249 e. The van der Waals surface area contributed by atoms with Crippen molar-refractivity contribution in [1.82, 2.24) is 0 Å². The molecule has 1 N–H and O–H groups in total. The fraction of sp³-hybridized carbons (Fsp3) is 0.462. The van der Waals surface area contributed by atoms with E-state index < -0.39 is 11.4 Å². The second kappa shape index (κ2) is 3.72. The highest BCUT2D eigenvalue weighted by Gasteiger charge is 2.42. The smallest absolute Gasteiger partial charge is 0.249 e. The average Bonchev–Trinajstić information content (AvgIpc) is 2.20. The number of carbonyl (C=O) groups is 1. The first-order chi connectivity index (χ1) is 7.85. The number of nitrogens with one attached hydrogen (secondary N) is 1. The molecule has 0 aromatic heterocycles. The molecule has 1 aromatic rings. The molecule has 1 amide bonds. The van der Waals surface area contributed by atoms with Crippen molar-refractivity contribution in [2.75, 3.05) is 10.2 Å². The number of rotatable bonds is 1. The molecule has 0 spiro atoms. The zero-order chi connectivity index (χ0) is 12.8. The molecule has 0 radical (unpaired) electrons. The van der Waals surface area contributed by atoms with Crippen LogP contribution in [0.25, 0.3) is 0 Å². The van der Waals surface area contributed by atoms with Crippen LogP contribution in [0.1, 0.15) is 27.7 Å². The highest BCUT2D eigenvalue weighted by Crippen LogP contribution is 2.39. The number of amides is 1. The van der Waals surface area contributed by atoms with Crippen LogP contribution < -0.4 is 10.2 Å². The number of hydrogen-bond donors (Lipinski definition) is 1. The summed E-state index contributed by atoms with van der Waals surface area (Å²) in [5, 5.41) is 2.65. The molecule has 0 bridgehead atoms. The van der Waals surface area contributed by atoms with E-state index in [1.54, 1.807) is 6.07 Å². The third-order valence-electron chi connectivity index (χ3n) is 3.16. The number of hydrogen-bond acceptors (Lipinski definition) is 2. The first kappa shape index (κ1) is 11.9. The molecule has 1 aromatic carbocycles. The van der Waals surface area contributed by atoms with E-state index in [9.17, 15) is 9.18 Å². The van der Waals surface area contributed by atoms with Gasteiger partial charge < -0.3 is 10.2 Å². The van der Waals surface area contributed by atoms with Gasteiger partial charge in [-0.25, -0.2) is 4.39 Å². The third kappa shape index (κ3) is 1.68. The molecule has 1 aliphatic heterocycles. The molecular formula is C13H17FN2O. The normalized spacial score (nSPS) is 18.0. The van der Waals surface area contributed by atoms with Crippen LogP contribution in [-0.2, 0) is 4.79 Å². The van der Waals surface area contributed by atoms with E-state index in [-0.39, 0.29) is 17.6 Å². The van der Waals surface area contributed by atoms with Crippen molar-refractivity contribution in [3.8, 4) is 0 Å². The molecule has 0 saturated carbocycles. The molecule has 4 heteroatoms. The Balaban J connectivity index is 2.64. The molecule has 0 atom stereocenters. The van der Waals surface area contributed by atoms with Gasteiger partial charge in [-0.1, -0.05) is 6.07 Å². The van der Waals surface area contributed by atoms with Crippen LogP contribution in [-0.4, -0.2) is 17.5 Å². The lowest BCUT2D eigenvalue weighted by Gasteiger charge is -2.46. The van der Waals surface area contributed by atoms with Crippen LogP contribution in [0.4, 0.5) is 15.8 Å². The molecule has 92 valence electrons. The van der Waals surface area contributed by atoms with Crippen molar-refractivity contribution < 1.29 is 9.18 Å². The van der Waals surface area contributed by atoms with Gasteiger partial charge in [0.15, 0.2) is 0 Å². The summed E-state index contributed by atoms with van der Waals surface area (Å²) < 4.78 is 13.7. The van der Waals surface area contributed by atoms with Crippen LogP contribution in [0.5, 0.6) is 0 Å². The predicted molar refractivity (Wildman–Crippen MR) is 66.7 cm³/mol. The van der Waals surface area contributed by atoms with Gasteiger partial charge in [0.2, 0.25) is 5.91 Å². The lowest BCUT2D eigenvalue weighted by atomic mass is 9.94. The van der Waals surface area contributed by atoms with Gasteiger partial charge in [-0.2, -0.15) is 0 Å². The quantitative estimate of drug-likeness (QED) is 0.813. The van der Waals surface area contributed by atoms with E-state index in [1.807, 2.05) is 38.7 Å². The molecule has 0 unspecified atom stereocenters. The first-order valence-corrected chi connectivity index (χ1v) is 5.75. The summed E-state index contributed by atoms with van der Waals surface area (Å²) in [6.45, 7) is 7.68. The highest BCUT2D eigenvalue weighted by atomic mass is 19.1. The largest absolute Gasteiger partial charge is 0.353 e. The van der Waals surface area contributed by atoms with E-state index in [0.29, 0.717) is 0 Å². The van der Waals surface area contributed by atoms with Gasteiger partial charge >= 0.3 is 0 Å². The number of benzene rings is 1. The standard InChI is InChI=1S/C13H17FN2O/c1-8(2)16-10-7-5-6-9(14)11(10)15-12(17)13(16,3)4/h5-8H,1-4H3,(H,15,17). The number of para-hydroxylation sites is 1. The topological polar surface area (TPSA) is 32.3 Å². The van der Waals surface area contributed by atoms with Gasteiger partial charge in [0.25, 0.3) is 0 Å². The van der Waals surface area contributed by atoms with Gasteiger partial charge in [0.05, 0.1) is 5.69 Å². The maximum absolute atomic E-state index is 13.7. The van der Waals surface area contributed by atoms with Crippen LogP contribution in [0.3, 0.4) is 0 Å². The van der Waals surface area contributed by atoms with Crippen molar-refractivity contribution >= 4 is 17.3 Å². The molecule has 17 heavy (non-hydrogen) atoms. The number of anilines is 2. The summed E-state index contributed by atoms with van der Waals surface area (Å²) in [5.41, 5.74) is 0.352. The summed E-state index contributed by atoms with van der Waals surface area (Å²) in [6, 6.07) is 4.98. The van der Waals surface area contributed by atoms with Crippen molar-refractivity contribution in [3.05, 3.63) is 24.0 Å². The SMILES string of the molecule is CC(C)N1c2cccc(F)c2NC(=O)C1(C)C. The Kier molecular flexibility index (Phi) is 2.60. The average molecular weight is 236 g/mol. The Bertz CT molecular complexity index is 468. The lowest BCUT2D eigenvalue weighted by molar-refractivity contribution is -0.120. The number of nitrogens with zero attached hydrogens (tertiary/aromatic N) is 1. The monoisotopic (exact) mass is 236 g/mol. The van der Waals surface area contributed by atoms with E-state index in [2.05, 4.69) is 5.32 Å². The number of carbonyl (C=O) groups excluding carboxylic acids is 1. The predicted octanol–water partition coefficient (Wildman–Crippen LogP) is 2.77. The zero-order valence-electron chi connectivity index (χ0n) is 10.5. The Labute approximate surface area is 101 Å². The van der Waals surface area contributed by atoms with Crippen LogP contribution >= 0.6 is 0 Å². The minimum absolute atomic E-state index is 0.122. The summed E-state index contributed by atoms with van der Waals surface area (Å²) in [6.07, 6.45) is 0. The van der Waals surface area contributed by atoms with Gasteiger partial charge in [0.1, 0.15) is 17.0 Å². The molecule has 3 nitrogen and oxygen atoms in total. The lowest BCUT2D eigenvalue weighted by Crippen LogP contribution is -2.58. The molecule has 0 saturated heterocycles. The third-order valence-corrected chi connectivity index (χ3v) is 3.16. The van der Waals surface area contributed by atoms with E-state index in [1.165, 1.54) is 6.07 Å².